The molecule has 0 aromatic carbocycles. The van der Waals surface area contributed by atoms with Crippen LogP contribution in [-0.2, 0) is 14.6 Å². The van der Waals surface area contributed by atoms with Crippen LogP contribution in [0.25, 0.3) is 0 Å². The van der Waals surface area contributed by atoms with Gasteiger partial charge in [0, 0.05) is 6.54 Å². The molecule has 0 spiro atoms. The van der Waals surface area contributed by atoms with Crippen molar-refractivity contribution >= 4 is 21.8 Å². The van der Waals surface area contributed by atoms with Crippen molar-refractivity contribution in [2.75, 3.05) is 18.1 Å². The Labute approximate surface area is 124 Å². The first kappa shape index (κ1) is 16.1. The lowest BCUT2D eigenvalue weighted by Gasteiger charge is -2.41. The van der Waals surface area contributed by atoms with Crippen molar-refractivity contribution in [1.82, 2.24) is 10.6 Å². The highest BCUT2D eigenvalue weighted by Crippen LogP contribution is 2.43. The lowest BCUT2D eigenvalue weighted by Crippen LogP contribution is -2.53. The molecule has 1 saturated carbocycles. The fraction of sp³-hybridized carbons (Fsp3) is 0.846. The maximum Gasteiger partial charge on any atom is 0.315 e. The van der Waals surface area contributed by atoms with Crippen molar-refractivity contribution in [3.63, 3.8) is 0 Å². The average molecular weight is 318 g/mol. The third-order valence-corrected chi connectivity index (χ3v) is 6.39. The molecule has 21 heavy (non-hydrogen) atoms. The number of urea groups is 1. The third kappa shape index (κ3) is 4.09. The smallest absolute Gasteiger partial charge is 0.315 e. The van der Waals surface area contributed by atoms with Gasteiger partial charge in [-0.25, -0.2) is 13.2 Å². The van der Waals surface area contributed by atoms with E-state index >= 15 is 0 Å². The predicted octanol–water partition coefficient (Wildman–Crippen LogP) is 0.508. The summed E-state index contributed by atoms with van der Waals surface area (Å²) in [6.07, 6.45) is 3.03. The van der Waals surface area contributed by atoms with Gasteiger partial charge in [-0.15, -0.1) is 0 Å². The van der Waals surface area contributed by atoms with E-state index < -0.39 is 27.4 Å². The summed E-state index contributed by atoms with van der Waals surface area (Å²) in [7, 11) is -3.07. The first-order valence-electron chi connectivity index (χ1n) is 7.12. The van der Waals surface area contributed by atoms with E-state index in [-0.39, 0.29) is 23.3 Å². The Balaban J connectivity index is 1.84. The van der Waals surface area contributed by atoms with E-state index in [1.165, 1.54) is 0 Å². The van der Waals surface area contributed by atoms with Gasteiger partial charge >= 0.3 is 12.0 Å². The van der Waals surface area contributed by atoms with Crippen LogP contribution in [0.3, 0.4) is 0 Å². The quantitative estimate of drug-likeness (QED) is 0.683. The number of carboxylic acids is 1. The Hall–Kier alpha value is -1.31. The molecule has 2 rings (SSSR count). The van der Waals surface area contributed by atoms with Gasteiger partial charge in [-0.3, -0.25) is 4.79 Å². The molecule has 1 unspecified atom stereocenters. The largest absolute Gasteiger partial charge is 0.481 e. The van der Waals surface area contributed by atoms with E-state index in [0.29, 0.717) is 13.0 Å². The van der Waals surface area contributed by atoms with E-state index in [2.05, 4.69) is 10.6 Å². The van der Waals surface area contributed by atoms with Crippen LogP contribution in [0.1, 0.15) is 39.0 Å². The van der Waals surface area contributed by atoms with E-state index in [1.807, 2.05) is 0 Å². The molecule has 2 aliphatic rings. The topological polar surface area (TPSA) is 113 Å². The summed E-state index contributed by atoms with van der Waals surface area (Å²) < 4.78 is 23.0. The Morgan fingerprint density at radius 3 is 2.33 bits per heavy atom. The second-order valence-electron chi connectivity index (χ2n) is 6.63. The summed E-state index contributed by atoms with van der Waals surface area (Å²) in [5, 5.41) is 14.3. The molecule has 1 saturated heterocycles. The molecule has 7 nitrogen and oxygen atoms in total. The summed E-state index contributed by atoms with van der Waals surface area (Å²) in [5.41, 5.74) is -1.08. The number of carboxylic acid groups (broad SMARTS) is 1. The van der Waals surface area contributed by atoms with Gasteiger partial charge in [-0.05, 0) is 31.6 Å². The van der Waals surface area contributed by atoms with Crippen LogP contribution in [0, 0.1) is 5.41 Å². The molecule has 3 N–H and O–H groups in total. The van der Waals surface area contributed by atoms with E-state index in [1.54, 1.807) is 6.92 Å². The molecule has 8 heteroatoms. The van der Waals surface area contributed by atoms with Crippen LogP contribution in [0.4, 0.5) is 4.79 Å². The summed E-state index contributed by atoms with van der Waals surface area (Å²) in [4.78, 5) is 22.8. The molecule has 0 radical (unpaired) electrons. The number of rotatable bonds is 5. The normalized spacial score (nSPS) is 29.4. The van der Waals surface area contributed by atoms with Gasteiger partial charge in [0.05, 0.1) is 23.5 Å². The maximum atomic E-state index is 11.9. The van der Waals surface area contributed by atoms with Gasteiger partial charge < -0.3 is 15.7 Å². The van der Waals surface area contributed by atoms with Gasteiger partial charge in [0.15, 0.2) is 9.84 Å². The molecule has 2 fully saturated rings. The van der Waals surface area contributed by atoms with Crippen LogP contribution in [0.15, 0.2) is 0 Å². The summed E-state index contributed by atoms with van der Waals surface area (Å²) in [5.74, 6) is -0.814. The molecular weight excluding hydrogens is 296 g/mol. The van der Waals surface area contributed by atoms with Crippen molar-refractivity contribution in [3.05, 3.63) is 0 Å². The second-order valence-corrected chi connectivity index (χ2v) is 8.82. The number of nitrogens with one attached hydrogen (secondary N) is 2. The van der Waals surface area contributed by atoms with E-state index in [4.69, 9.17) is 5.11 Å². The number of carbonyl (C=O) groups is 2. The molecule has 1 aliphatic carbocycles. The summed E-state index contributed by atoms with van der Waals surface area (Å²) in [6, 6.07) is -0.425. The van der Waals surface area contributed by atoms with E-state index in [9.17, 15) is 18.0 Å². The summed E-state index contributed by atoms with van der Waals surface area (Å²) in [6.45, 7) is 2.03. The minimum atomic E-state index is -3.07. The van der Waals surface area contributed by atoms with Crippen LogP contribution in [-0.4, -0.2) is 49.1 Å². The predicted molar refractivity (Wildman–Crippen MR) is 76.7 cm³/mol. The zero-order valence-corrected chi connectivity index (χ0v) is 13.0. The van der Waals surface area contributed by atoms with Gasteiger partial charge in [-0.1, -0.05) is 6.42 Å². The Morgan fingerprint density at radius 2 is 1.90 bits per heavy atom. The number of aliphatic carboxylic acids is 1. The lowest BCUT2D eigenvalue weighted by molar-refractivity contribution is -0.141. The Morgan fingerprint density at radius 1 is 1.24 bits per heavy atom. The van der Waals surface area contributed by atoms with Crippen LogP contribution >= 0.6 is 0 Å². The third-order valence-electron chi connectivity index (χ3n) is 4.48. The number of hydrogen-bond donors (Lipinski definition) is 3. The van der Waals surface area contributed by atoms with Gasteiger partial charge in [0.2, 0.25) is 0 Å². The second kappa shape index (κ2) is 5.47. The summed E-state index contributed by atoms with van der Waals surface area (Å²) >= 11 is 0. The zero-order chi connectivity index (χ0) is 15.7. The molecular formula is C13H22N2O5S. The average Bonchev–Trinajstić information content (AvgIpc) is 2.56. The minimum absolute atomic E-state index is 0.0479. The fourth-order valence-corrected chi connectivity index (χ4v) is 5.20. The lowest BCUT2D eigenvalue weighted by atomic mass is 9.66. The van der Waals surface area contributed by atoms with Crippen LogP contribution < -0.4 is 10.6 Å². The molecule has 2 amide bonds. The van der Waals surface area contributed by atoms with Crippen LogP contribution in [0.5, 0.6) is 0 Å². The molecule has 0 aromatic heterocycles. The molecule has 1 aliphatic heterocycles. The number of hydrogen-bond acceptors (Lipinski definition) is 4. The number of carbonyl (C=O) groups excluding carboxylic acids is 1. The number of amides is 2. The van der Waals surface area contributed by atoms with Gasteiger partial charge in [0.1, 0.15) is 0 Å². The first-order chi connectivity index (χ1) is 9.64. The fourth-order valence-electron chi connectivity index (χ4n) is 3.11. The highest BCUT2D eigenvalue weighted by Gasteiger charge is 2.41. The van der Waals surface area contributed by atoms with Crippen molar-refractivity contribution < 1.29 is 23.1 Å². The first-order valence-corrected chi connectivity index (χ1v) is 8.94. The van der Waals surface area contributed by atoms with Crippen LogP contribution in [0.2, 0.25) is 0 Å². The Kier molecular flexibility index (Phi) is 4.19. The maximum absolute atomic E-state index is 11.9. The highest BCUT2D eigenvalue weighted by atomic mass is 32.2. The van der Waals surface area contributed by atoms with Gasteiger partial charge in [-0.2, -0.15) is 0 Å². The molecule has 1 atom stereocenters. The molecule has 1 heterocycles. The van der Waals surface area contributed by atoms with Crippen molar-refractivity contribution in [2.24, 2.45) is 5.41 Å². The highest BCUT2D eigenvalue weighted by molar-refractivity contribution is 7.91. The van der Waals surface area contributed by atoms with Gasteiger partial charge in [0.25, 0.3) is 0 Å². The molecule has 0 bridgehead atoms. The number of sulfone groups is 1. The Bertz CT molecular complexity index is 541. The van der Waals surface area contributed by atoms with Crippen molar-refractivity contribution in [3.8, 4) is 0 Å². The monoisotopic (exact) mass is 318 g/mol. The molecule has 120 valence electrons. The SMILES string of the molecule is CC1(NC(=O)NCC2(CC(=O)O)CCC2)CCS(=O)(=O)C1. The van der Waals surface area contributed by atoms with E-state index in [0.717, 1.165) is 19.3 Å². The van der Waals surface area contributed by atoms with Crippen molar-refractivity contribution in [2.45, 2.75) is 44.6 Å². The standard InChI is InChI=1S/C13H22N2O5S/c1-12(5-6-21(19,20)9-12)15-11(18)14-8-13(3-2-4-13)7-10(16)17/h2-9H2,1H3,(H,16,17)(H2,14,15,18). The minimum Gasteiger partial charge on any atom is -0.481 e. The molecule has 0 aromatic rings. The zero-order valence-electron chi connectivity index (χ0n) is 12.1. The van der Waals surface area contributed by atoms with Crippen molar-refractivity contribution in [1.29, 1.82) is 0 Å².